The third-order valence-electron chi connectivity index (χ3n) is 8.82. The van der Waals surface area contributed by atoms with Gasteiger partial charge in [-0.25, -0.2) is 26.9 Å². The summed E-state index contributed by atoms with van der Waals surface area (Å²) in [5, 5.41) is 50.0. The van der Waals surface area contributed by atoms with Gasteiger partial charge in [0.15, 0.2) is 5.92 Å². The maximum absolute atomic E-state index is 11.7. The third kappa shape index (κ3) is 11.8. The monoisotopic (exact) mass is 831 g/mol. The van der Waals surface area contributed by atoms with Gasteiger partial charge in [-0.15, -0.1) is 0 Å². The van der Waals surface area contributed by atoms with Crippen molar-refractivity contribution in [3.63, 3.8) is 0 Å². The Hall–Kier alpha value is -7.92. The fraction of sp³-hybridized carbons (Fsp3) is 0.156. The van der Waals surface area contributed by atoms with Crippen molar-refractivity contribution in [1.82, 2.24) is 0 Å². The Kier molecular flexibility index (Phi) is 15.3. The molecule has 0 radical (unpaired) electrons. The molecular formula is C45H37N9O4S2. The number of likely N-dealkylation sites (N-methyl/N-ethyl adjacent to an activating group) is 1. The number of benzene rings is 3. The van der Waals surface area contributed by atoms with Crippen molar-refractivity contribution < 1.29 is 16.8 Å². The van der Waals surface area contributed by atoms with Crippen molar-refractivity contribution in [2.24, 2.45) is 5.92 Å². The van der Waals surface area contributed by atoms with E-state index in [0.29, 0.717) is 30.5 Å². The lowest BCUT2D eigenvalue weighted by molar-refractivity contribution is 0.605. The number of rotatable bonds is 15. The summed E-state index contributed by atoms with van der Waals surface area (Å²) in [7, 11) is -7.10. The quantitative estimate of drug-likeness (QED) is 0.0848. The van der Waals surface area contributed by atoms with Gasteiger partial charge in [-0.2, -0.15) is 21.0 Å². The summed E-state index contributed by atoms with van der Waals surface area (Å²) in [6.45, 7) is 10.2. The Bertz CT molecular complexity index is 2820. The van der Waals surface area contributed by atoms with Crippen LogP contribution in [0.15, 0.2) is 149 Å². The molecule has 0 bridgehead atoms. The van der Waals surface area contributed by atoms with E-state index >= 15 is 0 Å². The predicted octanol–water partition coefficient (Wildman–Crippen LogP) is 8.29. The Balaban J connectivity index is 1.82. The highest BCUT2D eigenvalue weighted by Crippen LogP contribution is 2.38. The molecule has 0 heterocycles. The van der Waals surface area contributed by atoms with Gasteiger partial charge < -0.3 is 4.90 Å². The molecule has 1 aliphatic carbocycles. The van der Waals surface area contributed by atoms with Crippen molar-refractivity contribution in [3.8, 4) is 30.3 Å². The Morgan fingerprint density at radius 2 is 1.38 bits per heavy atom. The van der Waals surface area contributed by atoms with Crippen LogP contribution in [-0.4, -0.2) is 35.9 Å². The van der Waals surface area contributed by atoms with Crippen molar-refractivity contribution in [3.05, 3.63) is 172 Å². The first kappa shape index (κ1) is 44.8. The molecule has 15 heteroatoms. The summed E-state index contributed by atoms with van der Waals surface area (Å²) < 4.78 is 51.6. The summed E-state index contributed by atoms with van der Waals surface area (Å²) >= 11 is 0. The lowest BCUT2D eigenvalue weighted by atomic mass is 9.90. The number of allylic oxidation sites excluding steroid dienone is 13. The first-order chi connectivity index (χ1) is 28.7. The number of para-hydroxylation sites is 1. The molecule has 0 aliphatic heterocycles. The number of anilines is 3. The molecule has 4 rings (SSSR count). The lowest BCUT2D eigenvalue weighted by Gasteiger charge is -2.27. The minimum absolute atomic E-state index is 0.0397. The minimum Gasteiger partial charge on any atom is -0.341 e. The van der Waals surface area contributed by atoms with Crippen molar-refractivity contribution in [1.29, 1.82) is 26.3 Å². The Morgan fingerprint density at radius 3 is 1.87 bits per heavy atom. The van der Waals surface area contributed by atoms with Crippen LogP contribution in [0.25, 0.3) is 16.0 Å². The zero-order valence-corrected chi connectivity index (χ0v) is 34.4. The third-order valence-corrected chi connectivity index (χ3v) is 10.0. The second kappa shape index (κ2) is 20.5. The molecule has 3 aromatic rings. The van der Waals surface area contributed by atoms with Crippen LogP contribution in [0.4, 0.5) is 17.1 Å². The van der Waals surface area contributed by atoms with Gasteiger partial charge >= 0.3 is 0 Å². The number of hydrogen-bond donors (Lipinski definition) is 2. The molecule has 3 aromatic carbocycles. The van der Waals surface area contributed by atoms with Gasteiger partial charge in [0.05, 0.1) is 60.6 Å². The molecule has 0 saturated carbocycles. The summed E-state index contributed by atoms with van der Waals surface area (Å²) in [5.74, 6) is -1.30. The van der Waals surface area contributed by atoms with Crippen molar-refractivity contribution >= 4 is 48.3 Å². The fourth-order valence-corrected chi connectivity index (χ4v) is 7.52. The molecule has 0 aromatic heterocycles. The van der Waals surface area contributed by atoms with E-state index in [4.69, 9.17) is 6.57 Å². The van der Waals surface area contributed by atoms with Gasteiger partial charge in [0, 0.05) is 40.5 Å². The van der Waals surface area contributed by atoms with E-state index in [1.54, 1.807) is 12.2 Å². The highest BCUT2D eigenvalue weighted by atomic mass is 32.2. The molecule has 0 saturated heterocycles. The molecule has 0 unspecified atom stereocenters. The van der Waals surface area contributed by atoms with E-state index in [1.165, 1.54) is 60.7 Å². The molecule has 298 valence electrons. The number of hydrogen-bond acceptors (Lipinski definition) is 10. The number of nitrogens with one attached hydrogen (secondary N) is 2. The van der Waals surface area contributed by atoms with Gasteiger partial charge in [0.2, 0.25) is 20.0 Å². The molecule has 0 amide bonds. The first-order valence-corrected chi connectivity index (χ1v) is 21.8. The van der Waals surface area contributed by atoms with Crippen LogP contribution in [0, 0.1) is 69.1 Å². The number of nitriles is 5. The molecule has 0 spiro atoms. The molecule has 0 fully saturated rings. The standard InChI is InChI=1S/C45H37N9O4S2/c1-5-54(41-15-7-6-8-16-41)45-34(11-9-13-36(27-46)43(38(29-48)30-49)32-19-23-39(24-20-32)52-59(3,55)56)17-18-35(45)12-10-14-37(28-47)44(42(31-50)51-2)33-21-25-40(26-22-33)53-60(4,57)58/h6-16,19-26,38,52-53H,5,17-18H2,1,3-4H3/b12-10+,13-9+,34-11+,37-14+,43-36-,44-42+. The second-order valence-corrected chi connectivity index (χ2v) is 16.5. The van der Waals surface area contributed by atoms with Crippen LogP contribution in [-0.2, 0) is 20.0 Å². The van der Waals surface area contributed by atoms with E-state index < -0.39 is 26.0 Å². The van der Waals surface area contributed by atoms with E-state index in [1.807, 2.05) is 67.6 Å². The largest absolute Gasteiger partial charge is 0.341 e. The molecule has 2 N–H and O–H groups in total. The van der Waals surface area contributed by atoms with Gasteiger partial charge in [-0.05, 0) is 90.6 Å². The van der Waals surface area contributed by atoms with E-state index in [2.05, 4.69) is 31.3 Å². The SMILES string of the molecule is [C-]#[N+]/C(C#N)=C(/C(C#N)=C/C=C/C1=C(N(CC)c2ccccc2)C(=C/C=C/C(C#N)=C(\c2ccc(NS(C)(=O)=O)cc2)C(C#N)C#N)/CC1)c1ccc(NS(C)(=O)=O)cc1. The first-order valence-electron chi connectivity index (χ1n) is 18.0. The normalized spacial score (nSPS) is 14.6. The summed E-state index contributed by atoms with van der Waals surface area (Å²) in [6.07, 6.45) is 13.3. The molecule has 13 nitrogen and oxygen atoms in total. The van der Waals surface area contributed by atoms with Crippen LogP contribution in [0.1, 0.15) is 30.9 Å². The highest BCUT2D eigenvalue weighted by molar-refractivity contribution is 7.92. The van der Waals surface area contributed by atoms with E-state index in [-0.39, 0.29) is 39.4 Å². The topological polar surface area (TPSA) is 219 Å². The molecule has 60 heavy (non-hydrogen) atoms. The van der Waals surface area contributed by atoms with Gasteiger partial charge in [0.1, 0.15) is 0 Å². The zero-order valence-electron chi connectivity index (χ0n) is 32.7. The van der Waals surface area contributed by atoms with Crippen molar-refractivity contribution in [2.75, 3.05) is 33.4 Å². The number of sulfonamides is 2. The Labute approximate surface area is 351 Å². The maximum Gasteiger partial charge on any atom is 0.270 e. The predicted molar refractivity (Wildman–Crippen MR) is 232 cm³/mol. The second-order valence-electron chi connectivity index (χ2n) is 13.0. The summed E-state index contributed by atoms with van der Waals surface area (Å²) in [5.41, 5.74) is 4.98. The van der Waals surface area contributed by atoms with Crippen LogP contribution in [0.5, 0.6) is 0 Å². The molecule has 0 atom stereocenters. The lowest BCUT2D eigenvalue weighted by Crippen LogP contribution is -2.22. The zero-order chi connectivity index (χ0) is 43.9. The van der Waals surface area contributed by atoms with Crippen LogP contribution < -0.4 is 14.3 Å². The van der Waals surface area contributed by atoms with Crippen LogP contribution >= 0.6 is 0 Å². The van der Waals surface area contributed by atoms with Crippen LogP contribution in [0.3, 0.4) is 0 Å². The summed E-state index contributed by atoms with van der Waals surface area (Å²) in [4.78, 5) is 5.48. The number of nitrogens with zero attached hydrogens (tertiary/aromatic N) is 7. The van der Waals surface area contributed by atoms with Gasteiger partial charge in [-0.1, -0.05) is 66.8 Å². The van der Waals surface area contributed by atoms with E-state index in [9.17, 15) is 43.1 Å². The Morgan fingerprint density at radius 1 is 0.800 bits per heavy atom. The smallest absolute Gasteiger partial charge is 0.270 e. The molecule has 1 aliphatic rings. The van der Waals surface area contributed by atoms with Gasteiger partial charge in [-0.3, -0.25) is 9.44 Å². The van der Waals surface area contributed by atoms with Gasteiger partial charge in [0.25, 0.3) is 5.70 Å². The average molecular weight is 832 g/mol. The summed E-state index contributed by atoms with van der Waals surface area (Å²) in [6, 6.07) is 31.7. The van der Waals surface area contributed by atoms with E-state index in [0.717, 1.165) is 35.0 Å². The molecular weight excluding hydrogens is 795 g/mol. The minimum atomic E-state index is -3.55. The maximum atomic E-state index is 11.7. The average Bonchev–Trinajstić information content (AvgIpc) is 3.61. The fourth-order valence-electron chi connectivity index (χ4n) is 6.39. The highest BCUT2D eigenvalue weighted by Gasteiger charge is 2.24. The van der Waals surface area contributed by atoms with Crippen molar-refractivity contribution in [2.45, 2.75) is 19.8 Å². The van der Waals surface area contributed by atoms with Crippen LogP contribution in [0.2, 0.25) is 0 Å².